The Morgan fingerprint density at radius 2 is 2.21 bits per heavy atom. The molecule has 0 saturated heterocycles. The molecule has 0 saturated carbocycles. The van der Waals surface area contributed by atoms with Gasteiger partial charge in [-0.05, 0) is 12.1 Å². The molecule has 0 bridgehead atoms. The van der Waals surface area contributed by atoms with Gasteiger partial charge in [-0.3, -0.25) is 4.68 Å². The van der Waals surface area contributed by atoms with Crippen LogP contribution in [0.25, 0.3) is 6.08 Å². The standard InChI is InChI=1S/C15H19N3O/c1-19-15-8-3-2-6-14(15)7-4-9-16-11-13-18-12-5-10-17-18/h2-8,10,12,16H,9,11,13H2,1H3/b7-4+. The normalized spacial score (nSPS) is 11.0. The molecule has 4 heteroatoms. The number of nitrogens with zero attached hydrogens (tertiary/aromatic N) is 2. The number of aromatic nitrogens is 2. The molecule has 2 rings (SSSR count). The minimum Gasteiger partial charge on any atom is -0.496 e. The summed E-state index contributed by atoms with van der Waals surface area (Å²) in [4.78, 5) is 0. The zero-order chi connectivity index (χ0) is 13.3. The van der Waals surface area contributed by atoms with E-state index in [-0.39, 0.29) is 0 Å². The summed E-state index contributed by atoms with van der Waals surface area (Å²) in [5.74, 6) is 0.898. The first kappa shape index (κ1) is 13.4. The molecule has 4 nitrogen and oxygen atoms in total. The van der Waals surface area contributed by atoms with Crippen LogP contribution in [0.15, 0.2) is 48.8 Å². The SMILES string of the molecule is COc1ccccc1/C=C/CNCCn1cccn1. The zero-order valence-corrected chi connectivity index (χ0v) is 11.1. The van der Waals surface area contributed by atoms with E-state index in [0.29, 0.717) is 0 Å². The van der Waals surface area contributed by atoms with Crippen LogP contribution in [-0.4, -0.2) is 30.0 Å². The van der Waals surface area contributed by atoms with Gasteiger partial charge < -0.3 is 10.1 Å². The summed E-state index contributed by atoms with van der Waals surface area (Å²) in [6.45, 7) is 2.62. The summed E-state index contributed by atoms with van der Waals surface area (Å²) in [5.41, 5.74) is 1.10. The maximum absolute atomic E-state index is 5.29. The van der Waals surface area contributed by atoms with Gasteiger partial charge >= 0.3 is 0 Å². The van der Waals surface area contributed by atoms with Crippen molar-refractivity contribution in [3.63, 3.8) is 0 Å². The van der Waals surface area contributed by atoms with E-state index in [1.54, 1.807) is 13.3 Å². The van der Waals surface area contributed by atoms with E-state index in [1.807, 2.05) is 41.2 Å². The van der Waals surface area contributed by atoms with Crippen LogP contribution in [0, 0.1) is 0 Å². The number of hydrogen-bond donors (Lipinski definition) is 1. The van der Waals surface area contributed by atoms with E-state index in [0.717, 1.165) is 30.9 Å². The largest absolute Gasteiger partial charge is 0.496 e. The highest BCUT2D eigenvalue weighted by molar-refractivity contribution is 5.57. The first-order valence-electron chi connectivity index (χ1n) is 6.38. The summed E-state index contributed by atoms with van der Waals surface area (Å²) in [6.07, 6.45) is 7.93. The van der Waals surface area contributed by atoms with Crippen molar-refractivity contribution in [3.05, 3.63) is 54.4 Å². The van der Waals surface area contributed by atoms with Crippen molar-refractivity contribution < 1.29 is 4.74 Å². The second-order valence-corrected chi connectivity index (χ2v) is 4.12. The van der Waals surface area contributed by atoms with Gasteiger partial charge in [-0.25, -0.2) is 0 Å². The molecule has 0 aliphatic rings. The Morgan fingerprint density at radius 3 is 3.00 bits per heavy atom. The highest BCUT2D eigenvalue weighted by Crippen LogP contribution is 2.18. The number of benzene rings is 1. The predicted octanol–water partition coefficient (Wildman–Crippen LogP) is 2.19. The fraction of sp³-hybridized carbons (Fsp3) is 0.267. The minimum absolute atomic E-state index is 0.833. The predicted molar refractivity (Wildman–Crippen MR) is 77.1 cm³/mol. The maximum Gasteiger partial charge on any atom is 0.126 e. The number of para-hydroxylation sites is 1. The van der Waals surface area contributed by atoms with Crippen molar-refractivity contribution >= 4 is 6.08 Å². The van der Waals surface area contributed by atoms with E-state index in [9.17, 15) is 0 Å². The highest BCUT2D eigenvalue weighted by Gasteiger charge is 1.95. The Morgan fingerprint density at radius 1 is 1.32 bits per heavy atom. The Hall–Kier alpha value is -2.07. The zero-order valence-electron chi connectivity index (χ0n) is 11.1. The van der Waals surface area contributed by atoms with Crippen molar-refractivity contribution in [2.45, 2.75) is 6.54 Å². The Kier molecular flexibility index (Phi) is 5.19. The minimum atomic E-state index is 0.833. The fourth-order valence-corrected chi connectivity index (χ4v) is 1.80. The van der Waals surface area contributed by atoms with E-state index in [1.165, 1.54) is 0 Å². The van der Waals surface area contributed by atoms with E-state index < -0.39 is 0 Å². The highest BCUT2D eigenvalue weighted by atomic mass is 16.5. The summed E-state index contributed by atoms with van der Waals surface area (Å²) in [7, 11) is 1.69. The second kappa shape index (κ2) is 7.38. The number of ether oxygens (including phenoxy) is 1. The maximum atomic E-state index is 5.29. The van der Waals surface area contributed by atoms with Gasteiger partial charge in [0.1, 0.15) is 5.75 Å². The first-order valence-corrected chi connectivity index (χ1v) is 6.38. The Balaban J connectivity index is 1.71. The van der Waals surface area contributed by atoms with Gasteiger partial charge in [-0.1, -0.05) is 30.4 Å². The molecule has 19 heavy (non-hydrogen) atoms. The molecule has 100 valence electrons. The molecule has 0 unspecified atom stereocenters. The summed E-state index contributed by atoms with van der Waals surface area (Å²) in [5, 5.41) is 7.49. The molecule has 2 aromatic rings. The van der Waals surface area contributed by atoms with Crippen LogP contribution in [0.4, 0.5) is 0 Å². The van der Waals surface area contributed by atoms with Gasteiger partial charge in [-0.2, -0.15) is 5.10 Å². The molecule has 0 atom stereocenters. The average molecular weight is 257 g/mol. The monoisotopic (exact) mass is 257 g/mol. The van der Waals surface area contributed by atoms with Crippen molar-refractivity contribution in [2.24, 2.45) is 0 Å². The molecule has 1 N–H and O–H groups in total. The van der Waals surface area contributed by atoms with Crippen LogP contribution in [0.2, 0.25) is 0 Å². The van der Waals surface area contributed by atoms with Gasteiger partial charge in [0.05, 0.1) is 13.7 Å². The molecule has 1 heterocycles. The summed E-state index contributed by atoms with van der Waals surface area (Å²) in [6, 6.07) is 9.91. The smallest absolute Gasteiger partial charge is 0.126 e. The molecule has 0 aliphatic heterocycles. The molecule has 1 aromatic carbocycles. The van der Waals surface area contributed by atoms with Crippen molar-refractivity contribution in [1.29, 1.82) is 0 Å². The molecule has 0 spiro atoms. The van der Waals surface area contributed by atoms with Crippen LogP contribution in [0.3, 0.4) is 0 Å². The van der Waals surface area contributed by atoms with Crippen molar-refractivity contribution in [2.75, 3.05) is 20.2 Å². The van der Waals surface area contributed by atoms with E-state index in [2.05, 4.69) is 22.6 Å². The molecule has 0 fully saturated rings. The van der Waals surface area contributed by atoms with Gasteiger partial charge in [0, 0.05) is 31.0 Å². The third-order valence-electron chi connectivity index (χ3n) is 2.78. The van der Waals surface area contributed by atoms with Crippen molar-refractivity contribution in [1.82, 2.24) is 15.1 Å². The molecule has 0 aliphatic carbocycles. The number of rotatable bonds is 7. The second-order valence-electron chi connectivity index (χ2n) is 4.12. The van der Waals surface area contributed by atoms with Gasteiger partial charge in [-0.15, -0.1) is 0 Å². The van der Waals surface area contributed by atoms with E-state index >= 15 is 0 Å². The molecular weight excluding hydrogens is 238 g/mol. The lowest BCUT2D eigenvalue weighted by atomic mass is 10.2. The van der Waals surface area contributed by atoms with E-state index in [4.69, 9.17) is 4.74 Å². The Bertz CT molecular complexity index is 506. The molecule has 1 aromatic heterocycles. The topological polar surface area (TPSA) is 39.1 Å². The summed E-state index contributed by atoms with van der Waals surface area (Å²) < 4.78 is 7.20. The lowest BCUT2D eigenvalue weighted by Gasteiger charge is -2.04. The fourth-order valence-electron chi connectivity index (χ4n) is 1.80. The van der Waals surface area contributed by atoms with Crippen LogP contribution in [-0.2, 0) is 6.54 Å². The average Bonchev–Trinajstić information content (AvgIpc) is 2.96. The molecule has 0 amide bonds. The third-order valence-corrected chi connectivity index (χ3v) is 2.78. The number of methoxy groups -OCH3 is 1. The van der Waals surface area contributed by atoms with Gasteiger partial charge in [0.15, 0.2) is 0 Å². The number of nitrogens with one attached hydrogen (secondary N) is 1. The van der Waals surface area contributed by atoms with Crippen LogP contribution in [0.5, 0.6) is 5.75 Å². The first-order chi connectivity index (χ1) is 9.40. The number of hydrogen-bond acceptors (Lipinski definition) is 3. The van der Waals surface area contributed by atoms with Gasteiger partial charge in [0.25, 0.3) is 0 Å². The quantitative estimate of drug-likeness (QED) is 0.773. The van der Waals surface area contributed by atoms with Crippen LogP contribution in [0.1, 0.15) is 5.56 Å². The van der Waals surface area contributed by atoms with Crippen LogP contribution >= 0.6 is 0 Å². The molecule has 0 radical (unpaired) electrons. The Labute approximate surface area is 113 Å². The van der Waals surface area contributed by atoms with Crippen LogP contribution < -0.4 is 10.1 Å². The van der Waals surface area contributed by atoms with Crippen molar-refractivity contribution in [3.8, 4) is 5.75 Å². The summed E-state index contributed by atoms with van der Waals surface area (Å²) >= 11 is 0. The molecular formula is C15H19N3O. The van der Waals surface area contributed by atoms with Gasteiger partial charge in [0.2, 0.25) is 0 Å². The third kappa shape index (κ3) is 4.26. The lowest BCUT2D eigenvalue weighted by molar-refractivity contribution is 0.414. The lowest BCUT2D eigenvalue weighted by Crippen LogP contribution is -2.20.